The maximum atomic E-state index is 12.5. The molecule has 0 saturated heterocycles. The summed E-state index contributed by atoms with van der Waals surface area (Å²) in [7, 11) is 0. The van der Waals surface area contributed by atoms with Gasteiger partial charge in [-0.25, -0.2) is 9.78 Å². The molecule has 0 aliphatic heterocycles. The number of amides is 1. The van der Waals surface area contributed by atoms with E-state index >= 15 is 0 Å². The molecule has 29 heavy (non-hydrogen) atoms. The van der Waals surface area contributed by atoms with Crippen LogP contribution in [-0.2, 0) is 13.1 Å². The Morgan fingerprint density at radius 1 is 1.17 bits per heavy atom. The molecule has 0 spiro atoms. The number of hydrogen-bond donors (Lipinski definition) is 2. The quantitative estimate of drug-likeness (QED) is 0.533. The number of H-pyrrole nitrogens is 1. The van der Waals surface area contributed by atoms with Gasteiger partial charge in [0.15, 0.2) is 0 Å². The summed E-state index contributed by atoms with van der Waals surface area (Å²) in [5, 5.41) is 5.94. The van der Waals surface area contributed by atoms with Crippen molar-refractivity contribution in [3.05, 3.63) is 85.3 Å². The molecular formula is C21H18N4O3S. The SMILES string of the molecule is CCn1c(=O)[nH]c2cc(C(=O)NCc3nc(-c4ccccc4)cs3)ccc2c1=O. The number of nitrogens with one attached hydrogen (secondary N) is 2. The third-order valence-corrected chi connectivity index (χ3v) is 5.43. The van der Waals surface area contributed by atoms with Gasteiger partial charge in [0.05, 0.1) is 23.1 Å². The van der Waals surface area contributed by atoms with Crippen LogP contribution in [0.4, 0.5) is 0 Å². The van der Waals surface area contributed by atoms with Gasteiger partial charge in [-0.15, -0.1) is 11.3 Å². The van der Waals surface area contributed by atoms with E-state index in [1.807, 2.05) is 35.7 Å². The fraction of sp³-hybridized carbons (Fsp3) is 0.143. The lowest BCUT2D eigenvalue weighted by Gasteiger charge is -2.06. The number of hydrogen-bond acceptors (Lipinski definition) is 5. The Morgan fingerprint density at radius 3 is 2.72 bits per heavy atom. The van der Waals surface area contributed by atoms with Crippen LogP contribution in [0.5, 0.6) is 0 Å². The lowest BCUT2D eigenvalue weighted by atomic mass is 10.1. The Kier molecular flexibility index (Phi) is 5.09. The molecule has 1 amide bonds. The molecule has 0 aliphatic rings. The first-order valence-corrected chi connectivity index (χ1v) is 9.99. The van der Waals surface area contributed by atoms with Gasteiger partial charge < -0.3 is 10.3 Å². The number of benzene rings is 2. The number of fused-ring (bicyclic) bond motifs is 1. The van der Waals surface area contributed by atoms with Gasteiger partial charge in [0.1, 0.15) is 5.01 Å². The Balaban J connectivity index is 1.52. The van der Waals surface area contributed by atoms with Crippen molar-refractivity contribution in [3.63, 3.8) is 0 Å². The highest BCUT2D eigenvalue weighted by atomic mass is 32.1. The molecule has 0 unspecified atom stereocenters. The fourth-order valence-corrected chi connectivity index (χ4v) is 3.82. The topological polar surface area (TPSA) is 96.8 Å². The number of nitrogens with zero attached hydrogens (tertiary/aromatic N) is 2. The molecule has 4 aromatic rings. The summed E-state index contributed by atoms with van der Waals surface area (Å²) in [5.74, 6) is -0.302. The van der Waals surface area contributed by atoms with Gasteiger partial charge in [-0.2, -0.15) is 0 Å². The first-order valence-electron chi connectivity index (χ1n) is 9.11. The van der Waals surface area contributed by atoms with E-state index in [1.165, 1.54) is 17.4 Å². The smallest absolute Gasteiger partial charge is 0.328 e. The molecule has 2 N–H and O–H groups in total. The average Bonchev–Trinajstić information content (AvgIpc) is 3.21. The van der Waals surface area contributed by atoms with Crippen LogP contribution in [0.15, 0.2) is 63.5 Å². The molecule has 2 aromatic carbocycles. The second-order valence-corrected chi connectivity index (χ2v) is 7.36. The molecule has 4 rings (SSSR count). The van der Waals surface area contributed by atoms with Gasteiger partial charge in [-0.3, -0.25) is 14.2 Å². The van der Waals surface area contributed by atoms with E-state index in [9.17, 15) is 14.4 Å². The maximum absolute atomic E-state index is 12.5. The largest absolute Gasteiger partial charge is 0.346 e. The van der Waals surface area contributed by atoms with Crippen LogP contribution in [0.3, 0.4) is 0 Å². The second-order valence-electron chi connectivity index (χ2n) is 6.42. The van der Waals surface area contributed by atoms with Crippen molar-refractivity contribution in [2.24, 2.45) is 0 Å². The van der Waals surface area contributed by atoms with E-state index in [2.05, 4.69) is 15.3 Å². The molecule has 8 heteroatoms. The van der Waals surface area contributed by atoms with Gasteiger partial charge in [0.25, 0.3) is 11.5 Å². The minimum atomic E-state index is -0.487. The molecule has 7 nitrogen and oxygen atoms in total. The Labute approximate surface area is 169 Å². The molecule has 0 fully saturated rings. The molecular weight excluding hydrogens is 388 g/mol. The zero-order valence-corrected chi connectivity index (χ0v) is 16.5. The van der Waals surface area contributed by atoms with E-state index in [1.54, 1.807) is 19.1 Å². The van der Waals surface area contributed by atoms with E-state index < -0.39 is 5.69 Å². The van der Waals surface area contributed by atoms with Gasteiger partial charge >= 0.3 is 5.69 Å². The lowest BCUT2D eigenvalue weighted by Crippen LogP contribution is -2.34. The van der Waals surface area contributed by atoms with E-state index in [-0.39, 0.29) is 18.0 Å². The number of thiazole rings is 1. The van der Waals surface area contributed by atoms with Crippen LogP contribution < -0.4 is 16.6 Å². The minimum Gasteiger partial charge on any atom is -0.346 e. The summed E-state index contributed by atoms with van der Waals surface area (Å²) in [6.45, 7) is 2.31. The number of aromatic amines is 1. The molecule has 0 saturated carbocycles. The normalized spacial score (nSPS) is 10.9. The summed E-state index contributed by atoms with van der Waals surface area (Å²) in [6, 6.07) is 14.5. The van der Waals surface area contributed by atoms with Crippen LogP contribution in [0, 0.1) is 0 Å². The second kappa shape index (κ2) is 7.84. The maximum Gasteiger partial charge on any atom is 0.328 e. The molecule has 0 aliphatic carbocycles. The van der Waals surface area contributed by atoms with Crippen molar-refractivity contribution in [1.82, 2.24) is 19.9 Å². The predicted octanol–water partition coefficient (Wildman–Crippen LogP) is 2.76. The van der Waals surface area contributed by atoms with Gasteiger partial charge in [-0.1, -0.05) is 30.3 Å². The van der Waals surface area contributed by atoms with Gasteiger partial charge in [0.2, 0.25) is 0 Å². The summed E-state index contributed by atoms with van der Waals surface area (Å²) in [4.78, 5) is 44.1. The molecule has 146 valence electrons. The fourth-order valence-electron chi connectivity index (χ4n) is 3.07. The van der Waals surface area contributed by atoms with E-state index in [0.29, 0.717) is 23.0 Å². The molecule has 2 heterocycles. The van der Waals surface area contributed by atoms with Crippen molar-refractivity contribution in [2.75, 3.05) is 0 Å². The molecule has 2 aromatic heterocycles. The van der Waals surface area contributed by atoms with Crippen LogP contribution in [0.25, 0.3) is 22.2 Å². The van der Waals surface area contributed by atoms with Crippen LogP contribution in [0.1, 0.15) is 22.3 Å². The molecule has 0 bridgehead atoms. The van der Waals surface area contributed by atoms with Crippen LogP contribution in [0.2, 0.25) is 0 Å². The third-order valence-electron chi connectivity index (χ3n) is 4.58. The highest BCUT2D eigenvalue weighted by Gasteiger charge is 2.12. The summed E-state index contributed by atoms with van der Waals surface area (Å²) < 4.78 is 1.12. The first-order chi connectivity index (χ1) is 14.1. The number of rotatable bonds is 5. The highest BCUT2D eigenvalue weighted by Crippen LogP contribution is 2.21. The van der Waals surface area contributed by atoms with E-state index in [0.717, 1.165) is 20.8 Å². The van der Waals surface area contributed by atoms with Crippen molar-refractivity contribution >= 4 is 28.1 Å². The molecule has 0 radical (unpaired) electrons. The van der Waals surface area contributed by atoms with Crippen LogP contribution in [-0.4, -0.2) is 20.4 Å². The lowest BCUT2D eigenvalue weighted by molar-refractivity contribution is 0.0951. The van der Waals surface area contributed by atoms with Crippen molar-refractivity contribution in [3.8, 4) is 11.3 Å². The Bertz CT molecular complexity index is 1310. The van der Waals surface area contributed by atoms with E-state index in [4.69, 9.17) is 0 Å². The molecule has 0 atom stereocenters. The van der Waals surface area contributed by atoms with Gasteiger partial charge in [-0.05, 0) is 25.1 Å². The van der Waals surface area contributed by atoms with Crippen molar-refractivity contribution in [1.29, 1.82) is 0 Å². The Hall–Kier alpha value is -3.52. The zero-order valence-electron chi connectivity index (χ0n) is 15.6. The van der Waals surface area contributed by atoms with Crippen molar-refractivity contribution in [2.45, 2.75) is 20.0 Å². The van der Waals surface area contributed by atoms with Crippen molar-refractivity contribution < 1.29 is 4.79 Å². The predicted molar refractivity (Wildman–Crippen MR) is 113 cm³/mol. The average molecular weight is 406 g/mol. The van der Waals surface area contributed by atoms with Gasteiger partial charge in [0, 0.05) is 23.1 Å². The number of carbonyl (C=O) groups excluding carboxylic acids is 1. The summed E-state index contributed by atoms with van der Waals surface area (Å²) in [5.41, 5.74) is 1.75. The third kappa shape index (κ3) is 3.74. The standard InChI is InChI=1S/C21H18N4O3S/c1-2-25-20(27)15-9-8-14(10-16(15)24-21(25)28)19(26)22-11-18-23-17(12-29-18)13-6-4-3-5-7-13/h3-10,12H,2,11H2,1H3,(H,22,26)(H,24,28). The zero-order chi connectivity index (χ0) is 20.4. The Morgan fingerprint density at radius 2 is 1.97 bits per heavy atom. The number of carbonyl (C=O) groups is 1. The highest BCUT2D eigenvalue weighted by molar-refractivity contribution is 7.09. The first kappa shape index (κ1) is 18.8. The number of aromatic nitrogens is 3. The summed E-state index contributed by atoms with van der Waals surface area (Å²) in [6.07, 6.45) is 0. The summed E-state index contributed by atoms with van der Waals surface area (Å²) >= 11 is 1.47. The minimum absolute atomic E-state index is 0.283. The van der Waals surface area contributed by atoms with Crippen LogP contribution >= 0.6 is 11.3 Å². The monoisotopic (exact) mass is 406 g/mol.